The number of rotatable bonds is 10. The highest BCUT2D eigenvalue weighted by Crippen LogP contribution is 2.28. The van der Waals surface area contributed by atoms with Crippen LogP contribution in [0.3, 0.4) is 0 Å². The topological polar surface area (TPSA) is 89.9 Å². The quantitative estimate of drug-likeness (QED) is 0.332. The number of nitrogens with zero attached hydrogens (tertiary/aromatic N) is 4. The van der Waals surface area contributed by atoms with Crippen molar-refractivity contribution in [3.63, 3.8) is 0 Å². The van der Waals surface area contributed by atoms with E-state index in [0.717, 1.165) is 50.2 Å². The predicted octanol–water partition coefficient (Wildman–Crippen LogP) is 4.03. The first-order valence-corrected chi connectivity index (χ1v) is 11.4. The summed E-state index contributed by atoms with van der Waals surface area (Å²) in [6, 6.07) is 0. The van der Waals surface area contributed by atoms with Crippen molar-refractivity contribution in [2.24, 2.45) is 20.0 Å². The number of aromatic hydroxyl groups is 2. The molecule has 0 radical (unpaired) electrons. The van der Waals surface area contributed by atoms with Gasteiger partial charge < -0.3 is 10.2 Å². The molecule has 2 aliphatic rings. The van der Waals surface area contributed by atoms with Gasteiger partial charge >= 0.3 is 0 Å². The van der Waals surface area contributed by atoms with Crippen molar-refractivity contribution in [3.05, 3.63) is 33.0 Å². The number of hydrogen-bond donors (Lipinski definition) is 2. The Bertz CT molecular complexity index is 1030. The van der Waals surface area contributed by atoms with E-state index in [2.05, 4.69) is 33.8 Å². The summed E-state index contributed by atoms with van der Waals surface area (Å²) >= 11 is 0. The molecule has 1 aromatic rings. The molecule has 168 valence electrons. The van der Waals surface area contributed by atoms with Crippen molar-refractivity contribution in [2.75, 3.05) is 13.1 Å². The van der Waals surface area contributed by atoms with Crippen molar-refractivity contribution in [1.82, 2.24) is 0 Å². The van der Waals surface area contributed by atoms with Gasteiger partial charge in [-0.1, -0.05) is 38.8 Å². The molecule has 1 aromatic carbocycles. The molecule has 0 bridgehead atoms. The molecule has 0 heterocycles. The van der Waals surface area contributed by atoms with Gasteiger partial charge in [-0.3, -0.25) is 20.0 Å². The first kappa shape index (κ1) is 23.4. The summed E-state index contributed by atoms with van der Waals surface area (Å²) in [5.41, 5.74) is 2.82. The Hall–Kier alpha value is -3.28. The van der Waals surface area contributed by atoms with Crippen LogP contribution in [0.25, 0.3) is 24.3 Å². The number of fused-ring (bicyclic) bond motifs is 2. The van der Waals surface area contributed by atoms with Crippen molar-refractivity contribution in [1.29, 1.82) is 0 Å². The van der Waals surface area contributed by atoms with E-state index in [1.807, 2.05) is 24.3 Å². The van der Waals surface area contributed by atoms with Gasteiger partial charge in [0.1, 0.15) is 11.5 Å². The smallest absolute Gasteiger partial charge is 0.131 e. The zero-order chi connectivity index (χ0) is 22.8. The second-order valence-electron chi connectivity index (χ2n) is 7.81. The molecule has 0 amide bonds. The SMILES string of the molecule is CCCCN=CC=NC1=Cc2c(O)c3c(c(O)c2=CC1)C=C(N=CC=NCCCC)CC=3. The Morgan fingerprint density at radius 3 is 1.56 bits per heavy atom. The molecular formula is C26H32N4O2. The van der Waals surface area contributed by atoms with E-state index >= 15 is 0 Å². The van der Waals surface area contributed by atoms with Crippen molar-refractivity contribution in [3.8, 4) is 11.5 Å². The molecule has 0 aromatic heterocycles. The maximum absolute atomic E-state index is 10.9. The fourth-order valence-electron chi connectivity index (χ4n) is 3.55. The number of hydrogen-bond acceptors (Lipinski definition) is 6. The fraction of sp³-hybridized carbons (Fsp3) is 0.385. The minimum Gasteiger partial charge on any atom is -0.507 e. The van der Waals surface area contributed by atoms with E-state index in [-0.39, 0.29) is 11.5 Å². The summed E-state index contributed by atoms with van der Waals surface area (Å²) in [5.74, 6) is 0.321. The molecule has 3 rings (SSSR count). The Kier molecular flexibility index (Phi) is 8.72. The summed E-state index contributed by atoms with van der Waals surface area (Å²) in [6.07, 6.45) is 19.8. The van der Waals surface area contributed by atoms with Gasteiger partial charge in [0.15, 0.2) is 0 Å². The molecule has 2 N–H and O–H groups in total. The maximum Gasteiger partial charge on any atom is 0.131 e. The average Bonchev–Trinajstić information content (AvgIpc) is 2.82. The van der Waals surface area contributed by atoms with Crippen LogP contribution in [0.5, 0.6) is 11.5 Å². The fourth-order valence-corrected chi connectivity index (χ4v) is 3.55. The van der Waals surface area contributed by atoms with Crippen LogP contribution in [0.4, 0.5) is 0 Å². The third-order valence-corrected chi connectivity index (χ3v) is 5.36. The standard InChI is InChI=1S/C26H32N4O2/c1-3-5-11-27-13-15-29-19-7-9-21-23(17-19)25(31)22-10-8-20(18-24(22)26(21)32)30-16-14-28-12-6-4-2/h9-10,13-18,31-32H,3-8,11-12H2,1-2H3. The van der Waals surface area contributed by atoms with E-state index in [1.165, 1.54) is 0 Å². The van der Waals surface area contributed by atoms with Gasteiger partial charge in [-0.25, -0.2) is 0 Å². The Balaban J connectivity index is 1.82. The third-order valence-electron chi connectivity index (χ3n) is 5.36. The second-order valence-corrected chi connectivity index (χ2v) is 7.81. The molecule has 0 atom stereocenters. The van der Waals surface area contributed by atoms with Crippen LogP contribution in [0.1, 0.15) is 63.5 Å². The second kappa shape index (κ2) is 11.9. The van der Waals surface area contributed by atoms with Crippen molar-refractivity contribution < 1.29 is 10.2 Å². The molecule has 6 heteroatoms. The molecule has 0 saturated heterocycles. The lowest BCUT2D eigenvalue weighted by atomic mass is 9.93. The highest BCUT2D eigenvalue weighted by atomic mass is 16.3. The summed E-state index contributed by atoms with van der Waals surface area (Å²) in [4.78, 5) is 17.5. The van der Waals surface area contributed by atoms with Gasteiger partial charge in [-0.05, 0) is 25.0 Å². The van der Waals surface area contributed by atoms with Crippen LogP contribution in [0.2, 0.25) is 0 Å². The van der Waals surface area contributed by atoms with Gasteiger partial charge in [0.2, 0.25) is 0 Å². The molecule has 0 fully saturated rings. The number of phenolic OH excluding ortho intramolecular Hbond substituents is 2. The van der Waals surface area contributed by atoms with Crippen LogP contribution in [0.15, 0.2) is 31.4 Å². The largest absolute Gasteiger partial charge is 0.507 e. The monoisotopic (exact) mass is 432 g/mol. The van der Waals surface area contributed by atoms with Crippen LogP contribution >= 0.6 is 0 Å². The van der Waals surface area contributed by atoms with E-state index in [4.69, 9.17) is 0 Å². The summed E-state index contributed by atoms with van der Waals surface area (Å²) in [7, 11) is 0. The maximum atomic E-state index is 10.9. The van der Waals surface area contributed by atoms with Crippen molar-refractivity contribution >= 4 is 49.2 Å². The number of allylic oxidation sites excluding steroid dienone is 2. The summed E-state index contributed by atoms with van der Waals surface area (Å²) in [5, 5.41) is 23.1. The highest BCUT2D eigenvalue weighted by molar-refractivity contribution is 6.16. The van der Waals surface area contributed by atoms with Gasteiger partial charge in [0.25, 0.3) is 0 Å². The number of aliphatic imine (C=N–C) groups is 4. The molecule has 0 saturated carbocycles. The van der Waals surface area contributed by atoms with Crippen LogP contribution in [0, 0.1) is 0 Å². The van der Waals surface area contributed by atoms with Gasteiger partial charge in [0.05, 0.1) is 0 Å². The average molecular weight is 433 g/mol. The third kappa shape index (κ3) is 5.90. The number of phenols is 2. The van der Waals surface area contributed by atoms with Gasteiger partial charge in [0, 0.05) is 83.7 Å². The zero-order valence-electron chi connectivity index (χ0n) is 19.0. The molecule has 0 unspecified atom stereocenters. The number of unbranched alkanes of at least 4 members (excludes halogenated alkanes) is 2. The molecule has 32 heavy (non-hydrogen) atoms. The first-order valence-electron chi connectivity index (χ1n) is 11.4. The lowest BCUT2D eigenvalue weighted by Gasteiger charge is -2.16. The minimum absolute atomic E-state index is 0.161. The van der Waals surface area contributed by atoms with E-state index < -0.39 is 0 Å². The Morgan fingerprint density at radius 1 is 0.719 bits per heavy atom. The van der Waals surface area contributed by atoms with Crippen molar-refractivity contribution in [2.45, 2.75) is 52.4 Å². The van der Waals surface area contributed by atoms with Gasteiger partial charge in [-0.2, -0.15) is 0 Å². The summed E-state index contributed by atoms with van der Waals surface area (Å²) in [6.45, 7) is 5.88. The predicted molar refractivity (Wildman–Crippen MR) is 137 cm³/mol. The molecule has 0 aliphatic heterocycles. The Morgan fingerprint density at radius 2 is 1.16 bits per heavy atom. The van der Waals surface area contributed by atoms with Crippen LogP contribution in [-0.2, 0) is 0 Å². The van der Waals surface area contributed by atoms with E-state index in [1.54, 1.807) is 24.9 Å². The lowest BCUT2D eigenvalue weighted by Crippen LogP contribution is -2.21. The number of benzene rings is 1. The Labute approximate surface area is 189 Å². The van der Waals surface area contributed by atoms with E-state index in [9.17, 15) is 10.2 Å². The normalized spacial score (nSPS) is 15.7. The van der Waals surface area contributed by atoms with E-state index in [0.29, 0.717) is 34.4 Å². The molecule has 2 aliphatic carbocycles. The van der Waals surface area contributed by atoms with Gasteiger partial charge in [-0.15, -0.1) is 0 Å². The zero-order valence-corrected chi connectivity index (χ0v) is 19.0. The molecule has 6 nitrogen and oxygen atoms in total. The molecule has 0 spiro atoms. The molecular weight excluding hydrogens is 400 g/mol. The lowest BCUT2D eigenvalue weighted by molar-refractivity contribution is 0.450. The first-order chi connectivity index (χ1) is 15.7. The van der Waals surface area contributed by atoms with Crippen LogP contribution < -0.4 is 10.4 Å². The summed E-state index contributed by atoms with van der Waals surface area (Å²) < 4.78 is 0. The highest BCUT2D eigenvalue weighted by Gasteiger charge is 2.18. The van der Waals surface area contributed by atoms with Crippen LogP contribution in [-0.4, -0.2) is 48.2 Å². The minimum atomic E-state index is 0.161.